The van der Waals surface area contributed by atoms with Crippen molar-refractivity contribution in [3.63, 3.8) is 0 Å². The van der Waals surface area contributed by atoms with Gasteiger partial charge in [-0.2, -0.15) is 0 Å². The fraction of sp³-hybridized carbons (Fsp3) is 0.909. The second-order valence-corrected chi connectivity index (χ2v) is 4.73. The van der Waals surface area contributed by atoms with Crippen LogP contribution in [0.2, 0.25) is 0 Å². The van der Waals surface area contributed by atoms with Gasteiger partial charge in [-0.1, -0.05) is 27.7 Å². The zero-order valence-electron chi connectivity index (χ0n) is 9.66. The molecule has 0 aromatic heterocycles. The van der Waals surface area contributed by atoms with E-state index < -0.39 is 5.97 Å². The van der Waals surface area contributed by atoms with Gasteiger partial charge in [0.15, 0.2) is 0 Å². The average molecular weight is 201 g/mol. The first-order valence-corrected chi connectivity index (χ1v) is 5.32. The van der Waals surface area contributed by atoms with Crippen LogP contribution >= 0.6 is 0 Å². The minimum Gasteiger partial charge on any atom is -0.481 e. The van der Waals surface area contributed by atoms with Gasteiger partial charge in [0.2, 0.25) is 0 Å². The maximum Gasteiger partial charge on any atom is 0.304 e. The van der Waals surface area contributed by atoms with Crippen LogP contribution in [0.4, 0.5) is 0 Å². The van der Waals surface area contributed by atoms with Gasteiger partial charge in [0.05, 0.1) is 6.42 Å². The molecule has 3 atom stereocenters. The predicted molar refractivity (Wildman–Crippen MR) is 58.0 cm³/mol. The Kier molecular flexibility index (Phi) is 5.77. The second kappa shape index (κ2) is 6.02. The van der Waals surface area contributed by atoms with E-state index >= 15 is 0 Å². The molecule has 0 amide bonds. The van der Waals surface area contributed by atoms with E-state index in [4.69, 9.17) is 10.8 Å². The summed E-state index contributed by atoms with van der Waals surface area (Å²) in [7, 11) is 0. The van der Waals surface area contributed by atoms with E-state index in [1.54, 1.807) is 0 Å². The monoisotopic (exact) mass is 201 g/mol. The summed E-state index contributed by atoms with van der Waals surface area (Å²) >= 11 is 0. The number of hydrogen-bond acceptors (Lipinski definition) is 2. The van der Waals surface area contributed by atoms with Gasteiger partial charge in [0.25, 0.3) is 0 Å². The molecule has 0 aliphatic carbocycles. The van der Waals surface area contributed by atoms with E-state index in [1.165, 1.54) is 0 Å². The summed E-state index contributed by atoms with van der Waals surface area (Å²) in [5, 5.41) is 8.62. The minimum absolute atomic E-state index is 0.0730. The molecule has 0 saturated heterocycles. The molecule has 0 aliphatic heterocycles. The van der Waals surface area contributed by atoms with Crippen molar-refractivity contribution in [1.82, 2.24) is 0 Å². The standard InChI is InChI=1S/C11H23NO2/c1-7(2)5-8(3)9(4)10(12)6-11(13)14/h7-10H,5-6,12H2,1-4H3,(H,13,14). The third-order valence-corrected chi connectivity index (χ3v) is 2.83. The Morgan fingerprint density at radius 2 is 1.79 bits per heavy atom. The van der Waals surface area contributed by atoms with Crippen LogP contribution in [0.1, 0.15) is 40.5 Å². The van der Waals surface area contributed by atoms with Crippen LogP contribution in [0.5, 0.6) is 0 Å². The summed E-state index contributed by atoms with van der Waals surface area (Å²) in [4.78, 5) is 10.5. The number of carbonyl (C=O) groups is 1. The van der Waals surface area contributed by atoms with Crippen molar-refractivity contribution in [3.05, 3.63) is 0 Å². The van der Waals surface area contributed by atoms with Crippen LogP contribution in [0.25, 0.3) is 0 Å². The summed E-state index contributed by atoms with van der Waals surface area (Å²) in [6.07, 6.45) is 1.18. The molecule has 0 aliphatic rings. The first kappa shape index (κ1) is 13.4. The fourth-order valence-electron chi connectivity index (χ4n) is 1.77. The van der Waals surface area contributed by atoms with Crippen molar-refractivity contribution in [1.29, 1.82) is 0 Å². The third-order valence-electron chi connectivity index (χ3n) is 2.83. The molecule has 0 rings (SSSR count). The smallest absolute Gasteiger partial charge is 0.304 e. The lowest BCUT2D eigenvalue weighted by atomic mass is 9.83. The van der Waals surface area contributed by atoms with Gasteiger partial charge in [0, 0.05) is 6.04 Å². The molecule has 0 bridgehead atoms. The van der Waals surface area contributed by atoms with Gasteiger partial charge >= 0.3 is 5.97 Å². The molecular formula is C11H23NO2. The van der Waals surface area contributed by atoms with Crippen LogP contribution in [0, 0.1) is 17.8 Å². The molecule has 3 nitrogen and oxygen atoms in total. The molecule has 3 heteroatoms. The highest BCUT2D eigenvalue weighted by Gasteiger charge is 2.22. The predicted octanol–water partition coefficient (Wildman–Crippen LogP) is 2.11. The molecule has 0 fully saturated rings. The molecule has 84 valence electrons. The molecule has 0 saturated carbocycles. The molecule has 0 aromatic rings. The van der Waals surface area contributed by atoms with Crippen LogP contribution in [0.3, 0.4) is 0 Å². The Bertz CT molecular complexity index is 180. The number of aliphatic carboxylic acids is 1. The summed E-state index contributed by atoms with van der Waals surface area (Å²) in [5.41, 5.74) is 5.81. The summed E-state index contributed by atoms with van der Waals surface area (Å²) in [6.45, 7) is 8.53. The lowest BCUT2D eigenvalue weighted by Gasteiger charge is -2.26. The fourth-order valence-corrected chi connectivity index (χ4v) is 1.77. The van der Waals surface area contributed by atoms with Gasteiger partial charge in [-0.05, 0) is 24.2 Å². The summed E-state index contributed by atoms with van der Waals surface area (Å²) < 4.78 is 0. The normalized spacial score (nSPS) is 17.9. The van der Waals surface area contributed by atoms with Crippen molar-refractivity contribution in [2.45, 2.75) is 46.6 Å². The lowest BCUT2D eigenvalue weighted by molar-refractivity contribution is -0.137. The first-order chi connectivity index (χ1) is 6.34. The Balaban J connectivity index is 4.02. The number of hydrogen-bond donors (Lipinski definition) is 2. The lowest BCUT2D eigenvalue weighted by Crippen LogP contribution is -2.34. The van der Waals surface area contributed by atoms with Gasteiger partial charge in [0.1, 0.15) is 0 Å². The van der Waals surface area contributed by atoms with E-state index in [1.807, 2.05) is 6.92 Å². The quantitative estimate of drug-likeness (QED) is 0.691. The Labute approximate surface area is 86.7 Å². The van der Waals surface area contributed by atoms with Gasteiger partial charge in [-0.25, -0.2) is 0 Å². The third kappa shape index (κ3) is 5.22. The zero-order chi connectivity index (χ0) is 11.3. The Morgan fingerprint density at radius 1 is 1.29 bits per heavy atom. The van der Waals surface area contributed by atoms with E-state index in [-0.39, 0.29) is 18.4 Å². The molecule has 0 radical (unpaired) electrons. The zero-order valence-corrected chi connectivity index (χ0v) is 9.66. The van der Waals surface area contributed by atoms with Crippen LogP contribution < -0.4 is 5.73 Å². The number of nitrogens with two attached hydrogens (primary N) is 1. The van der Waals surface area contributed by atoms with Crippen LogP contribution in [-0.2, 0) is 4.79 Å². The van der Waals surface area contributed by atoms with Crippen molar-refractivity contribution >= 4 is 5.97 Å². The van der Waals surface area contributed by atoms with Gasteiger partial charge < -0.3 is 10.8 Å². The van der Waals surface area contributed by atoms with Crippen LogP contribution in [0.15, 0.2) is 0 Å². The second-order valence-electron chi connectivity index (χ2n) is 4.73. The van der Waals surface area contributed by atoms with Crippen LogP contribution in [-0.4, -0.2) is 17.1 Å². The largest absolute Gasteiger partial charge is 0.481 e. The average Bonchev–Trinajstić information content (AvgIpc) is 2.00. The molecule has 0 spiro atoms. The number of carboxylic acid groups (broad SMARTS) is 1. The van der Waals surface area contributed by atoms with Crippen molar-refractivity contribution in [2.75, 3.05) is 0 Å². The number of carboxylic acids is 1. The highest BCUT2D eigenvalue weighted by Crippen LogP contribution is 2.22. The summed E-state index contributed by atoms with van der Waals surface area (Å²) in [6, 6.07) is -0.221. The van der Waals surface area contributed by atoms with Crippen molar-refractivity contribution in [3.8, 4) is 0 Å². The maximum absolute atomic E-state index is 10.5. The molecular weight excluding hydrogens is 178 g/mol. The van der Waals surface area contributed by atoms with E-state index in [0.717, 1.165) is 6.42 Å². The Morgan fingerprint density at radius 3 is 2.14 bits per heavy atom. The maximum atomic E-state index is 10.5. The van der Waals surface area contributed by atoms with E-state index in [9.17, 15) is 4.79 Å². The van der Waals surface area contributed by atoms with E-state index in [0.29, 0.717) is 11.8 Å². The number of rotatable bonds is 6. The van der Waals surface area contributed by atoms with Crippen molar-refractivity contribution in [2.24, 2.45) is 23.5 Å². The topological polar surface area (TPSA) is 63.3 Å². The van der Waals surface area contributed by atoms with Crippen molar-refractivity contribution < 1.29 is 9.90 Å². The van der Waals surface area contributed by atoms with E-state index in [2.05, 4.69) is 20.8 Å². The molecule has 3 unspecified atom stereocenters. The highest BCUT2D eigenvalue weighted by molar-refractivity contribution is 5.67. The molecule has 14 heavy (non-hydrogen) atoms. The summed E-state index contributed by atoms with van der Waals surface area (Å²) in [5.74, 6) is 0.600. The molecule has 0 aromatic carbocycles. The van der Waals surface area contributed by atoms with Gasteiger partial charge in [-0.15, -0.1) is 0 Å². The Hall–Kier alpha value is -0.570. The molecule has 3 N–H and O–H groups in total. The SMILES string of the molecule is CC(C)CC(C)C(C)C(N)CC(=O)O. The first-order valence-electron chi connectivity index (χ1n) is 5.32. The van der Waals surface area contributed by atoms with Gasteiger partial charge in [-0.3, -0.25) is 4.79 Å². The minimum atomic E-state index is -0.805. The highest BCUT2D eigenvalue weighted by atomic mass is 16.4. The molecule has 0 heterocycles.